The highest BCUT2D eigenvalue weighted by atomic mass is 16.3. The van der Waals surface area contributed by atoms with Crippen LogP contribution >= 0.6 is 0 Å². The molecule has 0 bridgehead atoms. The second kappa shape index (κ2) is 7.58. The first-order valence-electron chi connectivity index (χ1n) is 10.0. The third kappa shape index (κ3) is 3.71. The molecule has 31 heavy (non-hydrogen) atoms. The molecule has 0 atom stereocenters. The molecule has 1 N–H and O–H groups in total. The van der Waals surface area contributed by atoms with Crippen molar-refractivity contribution in [1.82, 2.24) is 0 Å². The van der Waals surface area contributed by atoms with Crippen LogP contribution in [-0.4, -0.2) is 5.91 Å². The van der Waals surface area contributed by atoms with Crippen molar-refractivity contribution >= 4 is 33.3 Å². The van der Waals surface area contributed by atoms with E-state index < -0.39 is 0 Å². The van der Waals surface area contributed by atoms with E-state index in [4.69, 9.17) is 4.42 Å². The van der Waals surface area contributed by atoms with Crippen LogP contribution in [0.2, 0.25) is 0 Å². The second-order valence-electron chi connectivity index (χ2n) is 7.57. The van der Waals surface area contributed by atoms with Gasteiger partial charge in [-0.2, -0.15) is 0 Å². The van der Waals surface area contributed by atoms with E-state index in [0.717, 1.165) is 27.6 Å². The lowest BCUT2D eigenvalue weighted by Crippen LogP contribution is -2.11. The summed E-state index contributed by atoms with van der Waals surface area (Å²) in [6, 6.07) is 27.9. The van der Waals surface area contributed by atoms with E-state index in [9.17, 15) is 9.59 Å². The standard InChI is InChI=1S/C27H19NO3/c1-17-6-13-25-23(14-17)24(29)16-26(31-25)19-7-9-20(10-8-19)27(30)28-22-12-11-18-4-2-3-5-21(18)15-22/h2-16H,1H3,(H,28,30). The van der Waals surface area contributed by atoms with Gasteiger partial charge in [-0.3, -0.25) is 9.59 Å². The van der Waals surface area contributed by atoms with Gasteiger partial charge >= 0.3 is 0 Å². The maximum Gasteiger partial charge on any atom is 0.255 e. The van der Waals surface area contributed by atoms with Gasteiger partial charge in [-0.15, -0.1) is 0 Å². The maximum absolute atomic E-state index is 12.7. The Hall–Kier alpha value is -4.18. The highest BCUT2D eigenvalue weighted by Gasteiger charge is 2.10. The van der Waals surface area contributed by atoms with Crippen molar-refractivity contribution in [3.63, 3.8) is 0 Å². The minimum Gasteiger partial charge on any atom is -0.456 e. The summed E-state index contributed by atoms with van der Waals surface area (Å²) in [5.41, 5.74) is 3.47. The number of anilines is 1. The number of carbonyl (C=O) groups is 1. The topological polar surface area (TPSA) is 59.3 Å². The largest absolute Gasteiger partial charge is 0.456 e. The number of aryl methyl sites for hydroxylation is 1. The van der Waals surface area contributed by atoms with E-state index in [1.807, 2.05) is 61.5 Å². The summed E-state index contributed by atoms with van der Waals surface area (Å²) in [5.74, 6) is 0.278. The van der Waals surface area contributed by atoms with Gasteiger partial charge in [0.25, 0.3) is 5.91 Å². The van der Waals surface area contributed by atoms with Crippen molar-refractivity contribution in [2.45, 2.75) is 6.92 Å². The quantitative estimate of drug-likeness (QED) is 0.390. The number of fused-ring (bicyclic) bond motifs is 2. The molecule has 5 rings (SSSR count). The highest BCUT2D eigenvalue weighted by molar-refractivity contribution is 6.05. The van der Waals surface area contributed by atoms with Crippen molar-refractivity contribution < 1.29 is 9.21 Å². The van der Waals surface area contributed by atoms with Crippen LogP contribution in [-0.2, 0) is 0 Å². The molecule has 0 saturated heterocycles. The van der Waals surface area contributed by atoms with E-state index in [-0.39, 0.29) is 11.3 Å². The Kier molecular flexibility index (Phi) is 4.60. The van der Waals surface area contributed by atoms with Crippen LogP contribution in [0.3, 0.4) is 0 Å². The van der Waals surface area contributed by atoms with Gasteiger partial charge < -0.3 is 9.73 Å². The first kappa shape index (κ1) is 18.8. The molecule has 1 amide bonds. The number of amides is 1. The summed E-state index contributed by atoms with van der Waals surface area (Å²) in [7, 11) is 0. The molecule has 4 aromatic carbocycles. The van der Waals surface area contributed by atoms with Gasteiger partial charge in [0.1, 0.15) is 11.3 Å². The van der Waals surface area contributed by atoms with E-state index in [2.05, 4.69) is 5.32 Å². The zero-order chi connectivity index (χ0) is 21.4. The van der Waals surface area contributed by atoms with E-state index in [1.165, 1.54) is 6.07 Å². The van der Waals surface area contributed by atoms with Crippen LogP contribution in [0.5, 0.6) is 0 Å². The zero-order valence-corrected chi connectivity index (χ0v) is 16.9. The van der Waals surface area contributed by atoms with Gasteiger partial charge in [0, 0.05) is 22.9 Å². The molecule has 150 valence electrons. The Morgan fingerprint density at radius 3 is 2.39 bits per heavy atom. The van der Waals surface area contributed by atoms with Crippen LogP contribution in [0.15, 0.2) is 100 Å². The Labute approximate surface area is 178 Å². The van der Waals surface area contributed by atoms with Gasteiger partial charge in [-0.05, 0) is 54.1 Å². The molecule has 0 aliphatic rings. The number of carbonyl (C=O) groups excluding carboxylic acids is 1. The fraction of sp³-hybridized carbons (Fsp3) is 0.0370. The Bertz CT molecular complexity index is 1500. The average molecular weight is 405 g/mol. The maximum atomic E-state index is 12.7. The molecule has 0 aliphatic carbocycles. The lowest BCUT2D eigenvalue weighted by molar-refractivity contribution is 0.102. The predicted octanol–water partition coefficient (Wildman–Crippen LogP) is 6.17. The van der Waals surface area contributed by atoms with Crippen LogP contribution in [0, 0.1) is 6.92 Å². The van der Waals surface area contributed by atoms with Gasteiger partial charge in [0.2, 0.25) is 0 Å². The SMILES string of the molecule is Cc1ccc2oc(-c3ccc(C(=O)Nc4ccc5ccccc5c4)cc3)cc(=O)c2c1. The molecular formula is C27H19NO3. The number of nitrogens with one attached hydrogen (secondary N) is 1. The fourth-order valence-electron chi connectivity index (χ4n) is 3.67. The minimum atomic E-state index is -0.197. The van der Waals surface area contributed by atoms with Crippen LogP contribution < -0.4 is 10.7 Å². The summed E-state index contributed by atoms with van der Waals surface area (Å²) in [6.45, 7) is 1.94. The molecule has 0 saturated carbocycles. The van der Waals surface area contributed by atoms with Crippen LogP contribution in [0.1, 0.15) is 15.9 Å². The van der Waals surface area contributed by atoms with Crippen LogP contribution in [0.25, 0.3) is 33.1 Å². The lowest BCUT2D eigenvalue weighted by atomic mass is 10.1. The molecule has 0 spiro atoms. The summed E-state index contributed by atoms with van der Waals surface area (Å²) in [4.78, 5) is 25.1. The van der Waals surface area contributed by atoms with Gasteiger partial charge in [0.05, 0.1) is 5.39 Å². The fourth-order valence-corrected chi connectivity index (χ4v) is 3.67. The molecule has 0 unspecified atom stereocenters. The number of hydrogen-bond donors (Lipinski definition) is 1. The summed E-state index contributed by atoms with van der Waals surface area (Å²) in [6.07, 6.45) is 0. The molecule has 0 radical (unpaired) electrons. The molecule has 1 heterocycles. The molecule has 4 heteroatoms. The third-order valence-corrected chi connectivity index (χ3v) is 5.32. The van der Waals surface area contributed by atoms with E-state index >= 15 is 0 Å². The number of rotatable bonds is 3. The van der Waals surface area contributed by atoms with E-state index in [0.29, 0.717) is 22.3 Å². The molecule has 0 fully saturated rings. The molecule has 1 aromatic heterocycles. The van der Waals surface area contributed by atoms with Gasteiger partial charge in [-0.1, -0.05) is 54.1 Å². The molecular weight excluding hydrogens is 386 g/mol. The summed E-state index contributed by atoms with van der Waals surface area (Å²) >= 11 is 0. The monoisotopic (exact) mass is 405 g/mol. The minimum absolute atomic E-state index is 0.0851. The van der Waals surface area contributed by atoms with Gasteiger partial charge in [0.15, 0.2) is 5.43 Å². The Morgan fingerprint density at radius 1 is 0.806 bits per heavy atom. The van der Waals surface area contributed by atoms with Crippen molar-refractivity contribution in [3.05, 3.63) is 112 Å². The van der Waals surface area contributed by atoms with Crippen molar-refractivity contribution in [2.75, 3.05) is 5.32 Å². The predicted molar refractivity (Wildman–Crippen MR) is 125 cm³/mol. The smallest absolute Gasteiger partial charge is 0.255 e. The highest BCUT2D eigenvalue weighted by Crippen LogP contribution is 2.24. The average Bonchev–Trinajstić information content (AvgIpc) is 2.79. The Morgan fingerprint density at radius 2 is 1.58 bits per heavy atom. The summed E-state index contributed by atoms with van der Waals surface area (Å²) in [5, 5.41) is 5.69. The first-order valence-corrected chi connectivity index (χ1v) is 10.0. The zero-order valence-electron chi connectivity index (χ0n) is 16.9. The second-order valence-corrected chi connectivity index (χ2v) is 7.57. The molecule has 0 aliphatic heterocycles. The number of benzene rings is 4. The van der Waals surface area contributed by atoms with Crippen molar-refractivity contribution in [1.29, 1.82) is 0 Å². The van der Waals surface area contributed by atoms with Crippen molar-refractivity contribution in [2.24, 2.45) is 0 Å². The van der Waals surface area contributed by atoms with E-state index in [1.54, 1.807) is 30.3 Å². The van der Waals surface area contributed by atoms with Gasteiger partial charge in [-0.25, -0.2) is 0 Å². The lowest BCUT2D eigenvalue weighted by Gasteiger charge is -2.08. The van der Waals surface area contributed by atoms with Crippen molar-refractivity contribution in [3.8, 4) is 11.3 Å². The first-order chi connectivity index (χ1) is 15.1. The van der Waals surface area contributed by atoms with Crippen LogP contribution in [0.4, 0.5) is 5.69 Å². The Balaban J connectivity index is 1.40. The molecule has 4 nitrogen and oxygen atoms in total. The number of hydrogen-bond acceptors (Lipinski definition) is 3. The molecule has 5 aromatic rings. The normalized spacial score (nSPS) is 11.0. The third-order valence-electron chi connectivity index (χ3n) is 5.32. The summed E-state index contributed by atoms with van der Waals surface area (Å²) < 4.78 is 5.92.